The van der Waals surface area contributed by atoms with Crippen LogP contribution in [0.25, 0.3) is 33.7 Å². The Labute approximate surface area is 288 Å². The fourth-order valence-corrected chi connectivity index (χ4v) is 6.93. The lowest BCUT2D eigenvalue weighted by Gasteiger charge is -2.25. The van der Waals surface area contributed by atoms with Crippen LogP contribution < -0.4 is 4.74 Å². The van der Waals surface area contributed by atoms with Gasteiger partial charge < -0.3 is 24.0 Å². The normalized spacial score (nSPS) is 13.3. The third kappa shape index (κ3) is 8.03. The summed E-state index contributed by atoms with van der Waals surface area (Å²) in [5, 5.41) is 10.3. The second kappa shape index (κ2) is 15.7. The van der Waals surface area contributed by atoms with Crippen LogP contribution >= 0.6 is 23.7 Å². The summed E-state index contributed by atoms with van der Waals surface area (Å²) in [7, 11) is 3.36. The highest BCUT2D eigenvalue weighted by atomic mass is 35.5. The van der Waals surface area contributed by atoms with Crippen LogP contribution in [0.1, 0.15) is 58.4 Å². The van der Waals surface area contributed by atoms with E-state index < -0.39 is 5.97 Å². The summed E-state index contributed by atoms with van der Waals surface area (Å²) in [4.78, 5) is 35.7. The first-order valence-corrected chi connectivity index (χ1v) is 16.6. The number of fused-ring (bicyclic) bond motifs is 1. The predicted octanol–water partition coefficient (Wildman–Crippen LogP) is 7.82. The van der Waals surface area contributed by atoms with Crippen LogP contribution in [-0.4, -0.2) is 63.7 Å². The number of imidazole rings is 1. The molecule has 5 aromatic rings. The zero-order valence-electron chi connectivity index (χ0n) is 26.9. The zero-order chi connectivity index (χ0) is 32.9. The number of aromatic nitrogens is 3. The lowest BCUT2D eigenvalue weighted by Crippen LogP contribution is -2.26. The van der Waals surface area contributed by atoms with Crippen molar-refractivity contribution >= 4 is 46.7 Å². The number of carboxylic acid groups (broad SMARTS) is 1. The molecule has 48 heavy (non-hydrogen) atoms. The van der Waals surface area contributed by atoms with E-state index in [0.29, 0.717) is 30.3 Å². The van der Waals surface area contributed by atoms with Crippen molar-refractivity contribution in [1.29, 1.82) is 0 Å². The van der Waals surface area contributed by atoms with Gasteiger partial charge in [-0.1, -0.05) is 19.3 Å². The summed E-state index contributed by atoms with van der Waals surface area (Å²) in [5.41, 5.74) is 4.35. The summed E-state index contributed by atoms with van der Waals surface area (Å²) in [5.74, 6) is 0.129. The first-order valence-electron chi connectivity index (χ1n) is 15.8. The summed E-state index contributed by atoms with van der Waals surface area (Å²) in [6.07, 6.45) is 6.27. The average molecular weight is 693 g/mol. The molecule has 252 valence electrons. The maximum Gasteiger partial charge on any atom is 0.335 e. The van der Waals surface area contributed by atoms with Gasteiger partial charge in [0.15, 0.2) is 0 Å². The van der Waals surface area contributed by atoms with E-state index in [4.69, 9.17) is 19.4 Å². The van der Waals surface area contributed by atoms with E-state index in [-0.39, 0.29) is 42.9 Å². The predicted molar refractivity (Wildman–Crippen MR) is 187 cm³/mol. The standard InChI is InChI=1S/C36H37FN4O5S.ClH/c1-40(2)33(42)22-45-21-32-39-34(23-8-13-26(37)14-9-23)31(47-32)18-19-46-28-15-10-24(11-16-28)35-38-29-20-25(36(43)44)12-17-30(29)41(35)27-6-4-3-5-7-27;/h8-17,20,27H,3-7,18-19,21-22H2,1-2H3,(H,43,44);1H. The first kappa shape index (κ1) is 35.0. The van der Waals surface area contributed by atoms with Gasteiger partial charge in [0.2, 0.25) is 5.91 Å². The van der Waals surface area contributed by atoms with E-state index in [9.17, 15) is 19.1 Å². The van der Waals surface area contributed by atoms with E-state index in [1.54, 1.807) is 38.4 Å². The number of amides is 1. The number of carboxylic acids is 1. The molecular weight excluding hydrogens is 655 g/mol. The molecule has 3 aromatic carbocycles. The van der Waals surface area contributed by atoms with Crippen molar-refractivity contribution in [2.75, 3.05) is 27.3 Å². The monoisotopic (exact) mass is 692 g/mol. The number of ether oxygens (including phenoxy) is 2. The van der Waals surface area contributed by atoms with Crippen LogP contribution in [0.4, 0.5) is 4.39 Å². The van der Waals surface area contributed by atoms with Crippen LogP contribution in [-0.2, 0) is 22.6 Å². The number of thiazole rings is 1. The van der Waals surface area contributed by atoms with E-state index in [0.717, 1.165) is 63.7 Å². The van der Waals surface area contributed by atoms with Crippen LogP contribution in [0.15, 0.2) is 66.7 Å². The number of hydrogen-bond donors (Lipinski definition) is 1. The molecule has 1 N–H and O–H groups in total. The van der Waals surface area contributed by atoms with Crippen LogP contribution in [0.5, 0.6) is 5.75 Å². The van der Waals surface area contributed by atoms with Gasteiger partial charge in [-0.15, -0.1) is 23.7 Å². The number of carbonyl (C=O) groups is 2. The van der Waals surface area contributed by atoms with Gasteiger partial charge in [-0.05, 0) is 79.6 Å². The lowest BCUT2D eigenvalue weighted by atomic mass is 9.95. The molecule has 12 heteroatoms. The molecule has 0 unspecified atom stereocenters. The number of rotatable bonds is 12. The number of nitrogens with zero attached hydrogens (tertiary/aromatic N) is 4. The Morgan fingerprint density at radius 2 is 1.69 bits per heavy atom. The molecule has 0 aliphatic heterocycles. The maximum absolute atomic E-state index is 13.6. The third-order valence-electron chi connectivity index (χ3n) is 8.40. The summed E-state index contributed by atoms with van der Waals surface area (Å²) in [6.45, 7) is 0.560. The Morgan fingerprint density at radius 3 is 2.38 bits per heavy atom. The number of carbonyl (C=O) groups excluding carboxylic acids is 1. The maximum atomic E-state index is 13.6. The molecule has 1 saturated carbocycles. The molecule has 1 amide bonds. The van der Waals surface area contributed by atoms with Gasteiger partial charge in [-0.2, -0.15) is 0 Å². The Hall–Kier alpha value is -4.32. The number of halogens is 2. The topological polar surface area (TPSA) is 107 Å². The summed E-state index contributed by atoms with van der Waals surface area (Å²) < 4.78 is 27.7. The van der Waals surface area contributed by atoms with Crippen molar-refractivity contribution in [3.05, 3.63) is 88.0 Å². The van der Waals surface area contributed by atoms with Crippen LogP contribution in [0.2, 0.25) is 0 Å². The Balaban J connectivity index is 0.00000451. The molecule has 2 heterocycles. The number of aromatic carboxylic acids is 1. The van der Waals surface area contributed by atoms with Crippen LogP contribution in [0, 0.1) is 5.82 Å². The molecule has 0 spiro atoms. The quantitative estimate of drug-likeness (QED) is 0.142. The minimum atomic E-state index is -0.966. The van der Waals surface area contributed by atoms with Gasteiger partial charge in [0.25, 0.3) is 0 Å². The molecule has 9 nitrogen and oxygen atoms in total. The smallest absolute Gasteiger partial charge is 0.335 e. The van der Waals surface area contributed by atoms with E-state index >= 15 is 0 Å². The molecule has 1 aliphatic rings. The van der Waals surface area contributed by atoms with Gasteiger partial charge >= 0.3 is 5.97 Å². The summed E-state index contributed by atoms with van der Waals surface area (Å²) >= 11 is 1.49. The summed E-state index contributed by atoms with van der Waals surface area (Å²) in [6, 6.07) is 19.6. The molecule has 1 aliphatic carbocycles. The third-order valence-corrected chi connectivity index (χ3v) is 9.48. The second-order valence-corrected chi connectivity index (χ2v) is 13.1. The number of hydrogen-bond acceptors (Lipinski definition) is 7. The SMILES string of the molecule is CN(C)C(=O)COCc1nc(-c2ccc(F)cc2)c(CCOc2ccc(-c3nc4cc(C(=O)O)ccc4n3C3CCCCC3)cc2)s1.Cl. The second-order valence-electron chi connectivity index (χ2n) is 11.9. The van der Waals surface area contributed by atoms with E-state index in [1.807, 2.05) is 30.3 Å². The Kier molecular flexibility index (Phi) is 11.5. The lowest BCUT2D eigenvalue weighted by molar-refractivity contribution is -0.133. The minimum Gasteiger partial charge on any atom is -0.493 e. The molecule has 0 bridgehead atoms. The highest BCUT2D eigenvalue weighted by molar-refractivity contribution is 7.12. The van der Waals surface area contributed by atoms with Gasteiger partial charge in [-0.3, -0.25) is 4.79 Å². The van der Waals surface area contributed by atoms with Crippen molar-refractivity contribution in [3.8, 4) is 28.4 Å². The fraction of sp³-hybridized carbons (Fsp3) is 0.333. The largest absolute Gasteiger partial charge is 0.493 e. The van der Waals surface area contributed by atoms with Crippen LogP contribution in [0.3, 0.4) is 0 Å². The average Bonchev–Trinajstić information content (AvgIpc) is 3.67. The molecule has 0 saturated heterocycles. The molecule has 0 atom stereocenters. The van der Waals surface area contributed by atoms with E-state index in [1.165, 1.54) is 34.8 Å². The first-order chi connectivity index (χ1) is 22.8. The highest BCUT2D eigenvalue weighted by Crippen LogP contribution is 2.37. The Morgan fingerprint density at radius 1 is 0.979 bits per heavy atom. The minimum absolute atomic E-state index is 0. The fourth-order valence-electron chi connectivity index (χ4n) is 5.93. The highest BCUT2D eigenvalue weighted by Gasteiger charge is 2.23. The van der Waals surface area contributed by atoms with Gasteiger partial charge in [0.1, 0.15) is 29.0 Å². The zero-order valence-corrected chi connectivity index (χ0v) is 28.5. The molecule has 1 fully saturated rings. The number of likely N-dealkylation sites (N-methyl/N-ethyl adjacent to an activating group) is 1. The van der Waals surface area contributed by atoms with Crippen molar-refractivity contribution in [2.24, 2.45) is 0 Å². The Bertz CT molecular complexity index is 1870. The molecule has 6 rings (SSSR count). The van der Waals surface area contributed by atoms with Gasteiger partial charge in [0, 0.05) is 42.6 Å². The van der Waals surface area contributed by atoms with Crippen molar-refractivity contribution in [3.63, 3.8) is 0 Å². The van der Waals surface area contributed by atoms with Crippen molar-refractivity contribution in [2.45, 2.75) is 51.2 Å². The van der Waals surface area contributed by atoms with Gasteiger partial charge in [-0.25, -0.2) is 19.2 Å². The number of benzene rings is 3. The van der Waals surface area contributed by atoms with Crippen molar-refractivity contribution in [1.82, 2.24) is 19.4 Å². The molecule has 0 radical (unpaired) electrons. The van der Waals surface area contributed by atoms with Crippen molar-refractivity contribution < 1.29 is 28.6 Å². The van der Waals surface area contributed by atoms with Gasteiger partial charge in [0.05, 0.1) is 35.5 Å². The molecular formula is C36H38ClFN4O5S. The molecule has 2 aromatic heterocycles. The van der Waals surface area contributed by atoms with E-state index in [2.05, 4.69) is 4.57 Å².